The first kappa shape index (κ1) is 22.8. The smallest absolute Gasteiger partial charge is 0.324 e. The van der Waals surface area contributed by atoms with Crippen LogP contribution in [0.5, 0.6) is 0 Å². The van der Waals surface area contributed by atoms with Crippen molar-refractivity contribution in [2.75, 3.05) is 44.7 Å². The molecule has 1 unspecified atom stereocenters. The Labute approximate surface area is 203 Å². The van der Waals surface area contributed by atoms with Crippen molar-refractivity contribution >= 4 is 35.1 Å². The number of para-hydroxylation sites is 1. The number of hydrogen-bond donors (Lipinski definition) is 2. The van der Waals surface area contributed by atoms with Crippen molar-refractivity contribution in [3.05, 3.63) is 64.7 Å². The zero-order valence-electron chi connectivity index (χ0n) is 18.9. The van der Waals surface area contributed by atoms with Gasteiger partial charge in [-0.05, 0) is 36.1 Å². The number of rotatable bonds is 5. The van der Waals surface area contributed by atoms with Gasteiger partial charge < -0.3 is 10.6 Å². The molecule has 2 aliphatic heterocycles. The van der Waals surface area contributed by atoms with Crippen LogP contribution in [0.3, 0.4) is 0 Å². The highest BCUT2D eigenvalue weighted by atomic mass is 35.5. The summed E-state index contributed by atoms with van der Waals surface area (Å²) in [6, 6.07) is 15.0. The lowest BCUT2D eigenvalue weighted by Crippen LogP contribution is -2.54. The van der Waals surface area contributed by atoms with Gasteiger partial charge >= 0.3 is 6.03 Å². The van der Waals surface area contributed by atoms with Gasteiger partial charge in [0.2, 0.25) is 5.91 Å². The fraction of sp³-hybridized carbons (Fsp3) is 0.400. The van der Waals surface area contributed by atoms with Crippen LogP contribution < -0.4 is 10.6 Å². The molecule has 2 fully saturated rings. The van der Waals surface area contributed by atoms with Crippen LogP contribution in [0.4, 0.5) is 10.5 Å². The van der Waals surface area contributed by atoms with E-state index in [4.69, 9.17) is 11.6 Å². The number of piperazine rings is 1. The molecule has 9 heteroatoms. The molecule has 2 aromatic carbocycles. The highest BCUT2D eigenvalue weighted by Gasteiger charge is 2.52. The Bertz CT molecular complexity index is 1120. The Morgan fingerprint density at radius 2 is 1.65 bits per heavy atom. The molecule has 2 N–H and O–H groups in total. The van der Waals surface area contributed by atoms with E-state index in [1.807, 2.05) is 30.3 Å². The number of carbonyl (C=O) groups is 3. The second-order valence-electron chi connectivity index (χ2n) is 9.25. The first-order valence-electron chi connectivity index (χ1n) is 11.6. The number of halogens is 1. The molecule has 34 heavy (non-hydrogen) atoms. The van der Waals surface area contributed by atoms with Gasteiger partial charge in [0.05, 0.1) is 23.9 Å². The van der Waals surface area contributed by atoms with E-state index in [9.17, 15) is 14.4 Å². The van der Waals surface area contributed by atoms with E-state index in [1.54, 1.807) is 12.1 Å². The molecule has 4 amide bonds. The monoisotopic (exact) mass is 481 g/mol. The van der Waals surface area contributed by atoms with Crippen LogP contribution >= 0.6 is 11.6 Å². The molecule has 1 spiro atoms. The maximum absolute atomic E-state index is 13.3. The van der Waals surface area contributed by atoms with Crippen molar-refractivity contribution in [1.29, 1.82) is 0 Å². The van der Waals surface area contributed by atoms with Gasteiger partial charge in [0.1, 0.15) is 5.54 Å². The molecular formula is C25H28ClN5O3. The summed E-state index contributed by atoms with van der Waals surface area (Å²) in [4.78, 5) is 44.0. The third-order valence-corrected chi connectivity index (χ3v) is 7.33. The molecule has 5 rings (SSSR count). The lowest BCUT2D eigenvalue weighted by atomic mass is 9.78. The standard InChI is InChI=1S/C25H28ClN5O3/c26-20-7-3-4-8-21(20)27-22(32)16-29-11-13-30(14-12-29)17-31-23(33)25(28-24(31)34)10-9-18-5-1-2-6-19(18)15-25/h1-8H,9-17H2,(H,27,32)(H,28,34). The van der Waals surface area contributed by atoms with Crippen molar-refractivity contribution in [3.63, 3.8) is 0 Å². The zero-order valence-corrected chi connectivity index (χ0v) is 19.7. The Morgan fingerprint density at radius 3 is 2.41 bits per heavy atom. The second-order valence-corrected chi connectivity index (χ2v) is 9.66. The summed E-state index contributed by atoms with van der Waals surface area (Å²) >= 11 is 6.11. The molecule has 0 radical (unpaired) electrons. The van der Waals surface area contributed by atoms with E-state index in [1.165, 1.54) is 10.5 Å². The van der Waals surface area contributed by atoms with Crippen molar-refractivity contribution in [3.8, 4) is 0 Å². The summed E-state index contributed by atoms with van der Waals surface area (Å²) in [5.41, 5.74) is 2.16. The van der Waals surface area contributed by atoms with Crippen molar-refractivity contribution < 1.29 is 14.4 Å². The molecule has 0 bridgehead atoms. The van der Waals surface area contributed by atoms with E-state index < -0.39 is 5.54 Å². The predicted octanol–water partition coefficient (Wildman–Crippen LogP) is 2.33. The molecule has 1 atom stereocenters. The van der Waals surface area contributed by atoms with Gasteiger partial charge in [-0.1, -0.05) is 48.0 Å². The second kappa shape index (κ2) is 9.37. The van der Waals surface area contributed by atoms with Crippen molar-refractivity contribution in [1.82, 2.24) is 20.0 Å². The first-order valence-corrected chi connectivity index (χ1v) is 12.0. The van der Waals surface area contributed by atoms with Gasteiger partial charge in [-0.2, -0.15) is 0 Å². The number of nitrogens with zero attached hydrogens (tertiary/aromatic N) is 3. The van der Waals surface area contributed by atoms with E-state index >= 15 is 0 Å². The summed E-state index contributed by atoms with van der Waals surface area (Å²) in [6.45, 7) is 3.24. The van der Waals surface area contributed by atoms with Crippen molar-refractivity contribution in [2.45, 2.75) is 24.8 Å². The predicted molar refractivity (Wildman–Crippen MR) is 130 cm³/mol. The average molecular weight is 482 g/mol. The number of urea groups is 1. The largest absolute Gasteiger partial charge is 0.326 e. The van der Waals surface area contributed by atoms with Crippen molar-refractivity contribution in [2.24, 2.45) is 0 Å². The molecule has 3 aliphatic rings. The summed E-state index contributed by atoms with van der Waals surface area (Å²) in [5, 5.41) is 6.35. The van der Waals surface area contributed by atoms with Crippen LogP contribution in [0.2, 0.25) is 5.02 Å². The summed E-state index contributed by atoms with van der Waals surface area (Å²) in [6.07, 6.45) is 1.95. The van der Waals surface area contributed by atoms with E-state index in [0.29, 0.717) is 49.7 Å². The minimum atomic E-state index is -0.829. The number of nitrogens with one attached hydrogen (secondary N) is 2. The lowest BCUT2D eigenvalue weighted by molar-refractivity contribution is -0.133. The van der Waals surface area contributed by atoms with Crippen LogP contribution in [0.1, 0.15) is 17.5 Å². The molecule has 0 saturated carbocycles. The number of amides is 4. The number of imide groups is 1. The molecule has 8 nitrogen and oxygen atoms in total. The quantitative estimate of drug-likeness (QED) is 0.640. The third kappa shape index (κ3) is 4.53. The molecule has 2 saturated heterocycles. The van der Waals surface area contributed by atoms with E-state index in [0.717, 1.165) is 12.0 Å². The maximum Gasteiger partial charge on any atom is 0.326 e. The number of fused-ring (bicyclic) bond motifs is 1. The Balaban J connectivity index is 1.13. The molecule has 178 valence electrons. The summed E-state index contributed by atoms with van der Waals surface area (Å²) in [7, 11) is 0. The SMILES string of the molecule is O=C(CN1CCN(CN2C(=O)NC3(CCc4ccccc4C3)C2=O)CC1)Nc1ccccc1Cl. The van der Waals surface area contributed by atoms with Crippen LogP contribution in [0.15, 0.2) is 48.5 Å². The van der Waals surface area contributed by atoms with E-state index in [-0.39, 0.29) is 31.1 Å². The summed E-state index contributed by atoms with van der Waals surface area (Å²) < 4.78 is 0. The molecule has 0 aromatic heterocycles. The summed E-state index contributed by atoms with van der Waals surface area (Å²) in [5.74, 6) is -0.247. The number of carbonyl (C=O) groups excluding carboxylic acids is 3. The van der Waals surface area contributed by atoms with Gasteiger partial charge in [0.15, 0.2) is 0 Å². The van der Waals surface area contributed by atoms with E-state index in [2.05, 4.69) is 26.5 Å². The highest BCUT2D eigenvalue weighted by Crippen LogP contribution is 2.33. The molecule has 1 aliphatic carbocycles. The lowest BCUT2D eigenvalue weighted by Gasteiger charge is -2.36. The molecule has 2 heterocycles. The number of benzene rings is 2. The first-order chi connectivity index (χ1) is 16.4. The Kier molecular flexibility index (Phi) is 6.29. The normalized spacial score (nSPS) is 23.1. The van der Waals surface area contributed by atoms with Gasteiger partial charge in [-0.3, -0.25) is 19.4 Å². The van der Waals surface area contributed by atoms with Gasteiger partial charge in [-0.15, -0.1) is 0 Å². The van der Waals surface area contributed by atoms with Crippen LogP contribution in [-0.4, -0.2) is 77.5 Å². The fourth-order valence-electron chi connectivity index (χ4n) is 5.07. The van der Waals surface area contributed by atoms with Crippen LogP contribution in [-0.2, 0) is 22.4 Å². The fourth-order valence-corrected chi connectivity index (χ4v) is 5.26. The third-order valence-electron chi connectivity index (χ3n) is 7.00. The average Bonchev–Trinajstić information content (AvgIpc) is 3.05. The topological polar surface area (TPSA) is 85.0 Å². The van der Waals surface area contributed by atoms with Crippen LogP contribution in [0.25, 0.3) is 0 Å². The maximum atomic E-state index is 13.3. The van der Waals surface area contributed by atoms with Gasteiger partial charge in [-0.25, -0.2) is 9.69 Å². The number of anilines is 1. The molecular weight excluding hydrogens is 454 g/mol. The highest BCUT2D eigenvalue weighted by molar-refractivity contribution is 6.33. The van der Waals surface area contributed by atoms with Gasteiger partial charge in [0, 0.05) is 32.6 Å². The minimum Gasteiger partial charge on any atom is -0.324 e. The Morgan fingerprint density at radius 1 is 0.971 bits per heavy atom. The zero-order chi connectivity index (χ0) is 23.7. The molecule has 2 aromatic rings. The van der Waals surface area contributed by atoms with Crippen LogP contribution in [0, 0.1) is 0 Å². The van der Waals surface area contributed by atoms with Gasteiger partial charge in [0.25, 0.3) is 5.91 Å². The number of hydrogen-bond acceptors (Lipinski definition) is 5. The minimum absolute atomic E-state index is 0.116. The number of aryl methyl sites for hydroxylation is 1. The Hall–Kier alpha value is -2.94.